The monoisotopic (exact) mass is 221 g/mol. The molecule has 0 spiro atoms. The van der Waals surface area contributed by atoms with Crippen molar-refractivity contribution in [3.05, 3.63) is 35.5 Å². The molecule has 0 fully saturated rings. The third-order valence-electron chi connectivity index (χ3n) is 2.22. The minimum atomic E-state index is -0.900. The second-order valence-electron chi connectivity index (χ2n) is 3.46. The van der Waals surface area contributed by atoms with Gasteiger partial charge in [-0.25, -0.2) is 0 Å². The third kappa shape index (κ3) is 3.02. The van der Waals surface area contributed by atoms with E-state index in [9.17, 15) is 4.79 Å². The minimum Gasteiger partial charge on any atom is -0.497 e. The molecule has 3 N–H and O–H groups in total. The van der Waals surface area contributed by atoms with E-state index in [0.29, 0.717) is 17.0 Å². The Labute approximate surface area is 94.3 Å². The van der Waals surface area contributed by atoms with Gasteiger partial charge in [0.05, 0.1) is 13.5 Å². The molecule has 0 saturated carbocycles. The van der Waals surface area contributed by atoms with E-state index in [2.05, 4.69) is 0 Å². The zero-order chi connectivity index (χ0) is 12.1. The average Bonchev–Trinajstić information content (AvgIpc) is 2.25. The lowest BCUT2D eigenvalue weighted by molar-refractivity contribution is -0.135. The molecule has 16 heavy (non-hydrogen) atoms. The van der Waals surface area contributed by atoms with E-state index in [1.807, 2.05) is 6.07 Å². The highest BCUT2D eigenvalue weighted by Crippen LogP contribution is 2.24. The molecule has 1 aromatic rings. The Balaban J connectivity index is 3.12. The third-order valence-corrected chi connectivity index (χ3v) is 2.22. The van der Waals surface area contributed by atoms with Crippen LogP contribution in [0.15, 0.2) is 30.0 Å². The fourth-order valence-corrected chi connectivity index (χ4v) is 1.43. The summed E-state index contributed by atoms with van der Waals surface area (Å²) in [6, 6.07) is 7.19. The summed E-state index contributed by atoms with van der Waals surface area (Å²) in [6.45, 7) is 1.69. The molecule has 0 radical (unpaired) electrons. The van der Waals surface area contributed by atoms with Gasteiger partial charge in [-0.2, -0.15) is 0 Å². The zero-order valence-electron chi connectivity index (χ0n) is 9.36. The summed E-state index contributed by atoms with van der Waals surface area (Å²) in [6.07, 6.45) is -0.0878. The number of rotatable bonds is 4. The van der Waals surface area contributed by atoms with Gasteiger partial charge in [-0.05, 0) is 30.2 Å². The molecule has 0 saturated heterocycles. The summed E-state index contributed by atoms with van der Waals surface area (Å²) in [5.74, 6) is -0.218. The Morgan fingerprint density at radius 2 is 2.19 bits per heavy atom. The number of hydrogen-bond donors (Lipinski definition) is 2. The van der Waals surface area contributed by atoms with Crippen molar-refractivity contribution >= 4 is 11.5 Å². The van der Waals surface area contributed by atoms with Gasteiger partial charge in [-0.1, -0.05) is 12.1 Å². The number of carbonyl (C=O) groups is 1. The molecule has 0 amide bonds. The van der Waals surface area contributed by atoms with E-state index in [0.717, 1.165) is 5.56 Å². The van der Waals surface area contributed by atoms with Gasteiger partial charge in [-0.15, -0.1) is 0 Å². The second-order valence-corrected chi connectivity index (χ2v) is 3.46. The fraction of sp³-hybridized carbons (Fsp3) is 0.250. The SMILES string of the molecule is COc1cccc(/C(CC(=O)O)=C(/C)N)c1. The number of aliphatic carboxylic acids is 1. The standard InChI is InChI=1S/C12H15NO3/c1-8(13)11(7-12(14)15)9-4-3-5-10(6-9)16-2/h3-6H,7,13H2,1-2H3,(H,14,15)/b11-8-. The molecule has 0 atom stereocenters. The van der Waals surface area contributed by atoms with Crippen LogP contribution in [-0.2, 0) is 4.79 Å². The summed E-state index contributed by atoms with van der Waals surface area (Å²) in [4.78, 5) is 10.7. The van der Waals surface area contributed by atoms with Crippen molar-refractivity contribution in [1.82, 2.24) is 0 Å². The van der Waals surface area contributed by atoms with Crippen molar-refractivity contribution in [2.75, 3.05) is 7.11 Å². The van der Waals surface area contributed by atoms with Crippen molar-refractivity contribution in [1.29, 1.82) is 0 Å². The molecule has 86 valence electrons. The normalized spacial score (nSPS) is 11.9. The van der Waals surface area contributed by atoms with Gasteiger partial charge in [0.1, 0.15) is 5.75 Å². The molecule has 0 aliphatic rings. The molecule has 0 heterocycles. The molecular weight excluding hydrogens is 206 g/mol. The summed E-state index contributed by atoms with van der Waals surface area (Å²) in [7, 11) is 1.56. The first kappa shape index (κ1) is 12.1. The number of methoxy groups -OCH3 is 1. The number of benzene rings is 1. The van der Waals surface area contributed by atoms with E-state index in [1.165, 1.54) is 0 Å². The Bertz CT molecular complexity index is 420. The Morgan fingerprint density at radius 3 is 2.69 bits per heavy atom. The van der Waals surface area contributed by atoms with Gasteiger partial charge in [0.2, 0.25) is 0 Å². The van der Waals surface area contributed by atoms with Crippen LogP contribution < -0.4 is 10.5 Å². The number of ether oxygens (including phenoxy) is 1. The highest BCUT2D eigenvalue weighted by Gasteiger charge is 2.09. The first-order valence-corrected chi connectivity index (χ1v) is 4.86. The Kier molecular flexibility index (Phi) is 3.94. The number of nitrogens with two attached hydrogens (primary N) is 1. The molecule has 4 heteroatoms. The van der Waals surface area contributed by atoms with Crippen LogP contribution in [0.5, 0.6) is 5.75 Å². The van der Waals surface area contributed by atoms with Crippen LogP contribution in [0.4, 0.5) is 0 Å². The lowest BCUT2D eigenvalue weighted by Gasteiger charge is -2.09. The van der Waals surface area contributed by atoms with Crippen molar-refractivity contribution in [2.24, 2.45) is 5.73 Å². The van der Waals surface area contributed by atoms with Gasteiger partial charge >= 0.3 is 5.97 Å². The number of carboxylic acids is 1. The van der Waals surface area contributed by atoms with Crippen LogP contribution in [0.3, 0.4) is 0 Å². The topological polar surface area (TPSA) is 72.5 Å². The molecule has 0 aliphatic carbocycles. The van der Waals surface area contributed by atoms with Crippen LogP contribution in [0.2, 0.25) is 0 Å². The molecule has 1 rings (SSSR count). The lowest BCUT2D eigenvalue weighted by Crippen LogP contribution is -2.04. The summed E-state index contributed by atoms with van der Waals surface area (Å²) >= 11 is 0. The van der Waals surface area contributed by atoms with Crippen LogP contribution >= 0.6 is 0 Å². The minimum absolute atomic E-state index is 0.0878. The van der Waals surface area contributed by atoms with Gasteiger partial charge in [0.25, 0.3) is 0 Å². The number of allylic oxidation sites excluding steroid dienone is 1. The second kappa shape index (κ2) is 5.21. The smallest absolute Gasteiger partial charge is 0.307 e. The Hall–Kier alpha value is -1.97. The summed E-state index contributed by atoms with van der Waals surface area (Å²) < 4.78 is 5.08. The molecule has 0 bridgehead atoms. The van der Waals surface area contributed by atoms with Crippen LogP contribution in [-0.4, -0.2) is 18.2 Å². The lowest BCUT2D eigenvalue weighted by atomic mass is 10.0. The van der Waals surface area contributed by atoms with Gasteiger partial charge in [0.15, 0.2) is 0 Å². The number of carboxylic acid groups (broad SMARTS) is 1. The maximum Gasteiger partial charge on any atom is 0.307 e. The van der Waals surface area contributed by atoms with E-state index in [-0.39, 0.29) is 6.42 Å². The fourth-order valence-electron chi connectivity index (χ4n) is 1.43. The first-order valence-electron chi connectivity index (χ1n) is 4.86. The molecule has 0 unspecified atom stereocenters. The first-order chi connectivity index (χ1) is 7.54. The van der Waals surface area contributed by atoms with Crippen LogP contribution in [0.25, 0.3) is 5.57 Å². The van der Waals surface area contributed by atoms with Gasteiger partial charge in [0, 0.05) is 5.70 Å². The van der Waals surface area contributed by atoms with Crippen molar-refractivity contribution in [3.8, 4) is 5.75 Å². The predicted octanol–water partition coefficient (Wildman–Crippen LogP) is 1.86. The largest absolute Gasteiger partial charge is 0.497 e. The highest BCUT2D eigenvalue weighted by molar-refractivity contribution is 5.85. The van der Waals surface area contributed by atoms with Gasteiger partial charge < -0.3 is 15.6 Å². The van der Waals surface area contributed by atoms with Crippen molar-refractivity contribution < 1.29 is 14.6 Å². The maximum atomic E-state index is 10.7. The Morgan fingerprint density at radius 1 is 1.50 bits per heavy atom. The van der Waals surface area contributed by atoms with E-state index < -0.39 is 5.97 Å². The van der Waals surface area contributed by atoms with Gasteiger partial charge in [-0.3, -0.25) is 4.79 Å². The molecule has 0 aromatic heterocycles. The molecule has 1 aromatic carbocycles. The highest BCUT2D eigenvalue weighted by atomic mass is 16.5. The molecular formula is C12H15NO3. The maximum absolute atomic E-state index is 10.7. The zero-order valence-corrected chi connectivity index (χ0v) is 9.36. The van der Waals surface area contributed by atoms with Crippen molar-refractivity contribution in [2.45, 2.75) is 13.3 Å². The molecule has 0 aliphatic heterocycles. The summed E-state index contributed by atoms with van der Waals surface area (Å²) in [5, 5.41) is 8.80. The molecule has 4 nitrogen and oxygen atoms in total. The van der Waals surface area contributed by atoms with E-state index in [1.54, 1.807) is 32.2 Å². The van der Waals surface area contributed by atoms with Crippen molar-refractivity contribution in [3.63, 3.8) is 0 Å². The van der Waals surface area contributed by atoms with E-state index in [4.69, 9.17) is 15.6 Å². The van der Waals surface area contributed by atoms with Crippen LogP contribution in [0.1, 0.15) is 18.9 Å². The number of hydrogen-bond acceptors (Lipinski definition) is 3. The van der Waals surface area contributed by atoms with E-state index >= 15 is 0 Å². The summed E-state index contributed by atoms with van der Waals surface area (Å²) in [5.41, 5.74) is 7.59. The average molecular weight is 221 g/mol. The van der Waals surface area contributed by atoms with Crippen LogP contribution in [0, 0.1) is 0 Å². The predicted molar refractivity (Wildman–Crippen MR) is 62.0 cm³/mol. The quantitative estimate of drug-likeness (QED) is 0.814.